The molecule has 3 rings (SSSR count). The molecule has 0 saturated carbocycles. The lowest BCUT2D eigenvalue weighted by Crippen LogP contribution is -2.30. The molecular formula is C24H26ClNO4. The van der Waals surface area contributed by atoms with Crippen molar-refractivity contribution in [2.24, 2.45) is 0 Å². The standard InChI is InChI=1S/C24H26ClNO4/c1-5-12-26-21(16-6-9-18(25)10-7-16)20(23(28)24(26)29)22(27)17-8-11-19(15(4)13-17)30-14(2)3/h6-11,13-14,21,27H,5,12H2,1-4H3/b22-20-. The third-order valence-corrected chi connectivity index (χ3v) is 5.25. The summed E-state index contributed by atoms with van der Waals surface area (Å²) in [5.74, 6) is -0.760. The van der Waals surface area contributed by atoms with E-state index in [0.717, 1.165) is 11.1 Å². The Kier molecular flexibility index (Phi) is 6.52. The molecule has 1 unspecified atom stereocenters. The smallest absolute Gasteiger partial charge is 0.295 e. The van der Waals surface area contributed by atoms with Crippen molar-refractivity contribution in [3.05, 3.63) is 69.8 Å². The molecule has 1 saturated heterocycles. The number of amides is 1. The van der Waals surface area contributed by atoms with Crippen LogP contribution in [0.4, 0.5) is 0 Å². The number of ketones is 1. The maximum Gasteiger partial charge on any atom is 0.295 e. The fraction of sp³-hybridized carbons (Fsp3) is 0.333. The maximum atomic E-state index is 12.9. The highest BCUT2D eigenvalue weighted by molar-refractivity contribution is 6.46. The molecule has 0 aliphatic carbocycles. The van der Waals surface area contributed by atoms with Crippen molar-refractivity contribution in [2.75, 3.05) is 6.54 Å². The van der Waals surface area contributed by atoms with Crippen LogP contribution < -0.4 is 4.74 Å². The first-order valence-corrected chi connectivity index (χ1v) is 10.4. The van der Waals surface area contributed by atoms with Crippen LogP contribution in [0.3, 0.4) is 0 Å². The number of hydrogen-bond donors (Lipinski definition) is 1. The second-order valence-electron chi connectivity index (χ2n) is 7.69. The number of ether oxygens (including phenoxy) is 1. The van der Waals surface area contributed by atoms with E-state index in [2.05, 4.69) is 0 Å². The summed E-state index contributed by atoms with van der Waals surface area (Å²) in [7, 11) is 0. The molecule has 2 aromatic rings. The number of aryl methyl sites for hydroxylation is 1. The maximum absolute atomic E-state index is 12.9. The third-order valence-electron chi connectivity index (χ3n) is 5.00. The number of carbonyl (C=O) groups excluding carboxylic acids is 2. The van der Waals surface area contributed by atoms with Crippen LogP contribution in [0.15, 0.2) is 48.0 Å². The Morgan fingerprint density at radius 1 is 1.17 bits per heavy atom. The van der Waals surface area contributed by atoms with E-state index in [1.165, 1.54) is 4.90 Å². The van der Waals surface area contributed by atoms with Gasteiger partial charge in [-0.1, -0.05) is 30.7 Å². The number of Topliss-reactive ketones (excluding diaryl/α,β-unsaturated/α-hetero) is 1. The minimum Gasteiger partial charge on any atom is -0.507 e. The average Bonchev–Trinajstić information content (AvgIpc) is 2.94. The summed E-state index contributed by atoms with van der Waals surface area (Å²) in [5, 5.41) is 11.6. The lowest BCUT2D eigenvalue weighted by Gasteiger charge is -2.25. The minimum atomic E-state index is -0.680. The van der Waals surface area contributed by atoms with Crippen LogP contribution >= 0.6 is 11.6 Å². The highest BCUT2D eigenvalue weighted by Crippen LogP contribution is 2.40. The summed E-state index contributed by atoms with van der Waals surface area (Å²) in [6.45, 7) is 8.11. The van der Waals surface area contributed by atoms with E-state index in [9.17, 15) is 14.7 Å². The lowest BCUT2D eigenvalue weighted by molar-refractivity contribution is -0.139. The molecule has 0 aromatic heterocycles. The van der Waals surface area contributed by atoms with Gasteiger partial charge in [0.15, 0.2) is 0 Å². The molecule has 1 amide bonds. The molecule has 0 bridgehead atoms. The van der Waals surface area contributed by atoms with Crippen LogP contribution in [0.25, 0.3) is 5.76 Å². The Morgan fingerprint density at radius 3 is 2.40 bits per heavy atom. The highest BCUT2D eigenvalue weighted by atomic mass is 35.5. The van der Waals surface area contributed by atoms with Gasteiger partial charge in [0.25, 0.3) is 11.7 Å². The number of carbonyl (C=O) groups is 2. The van der Waals surface area contributed by atoms with Crippen molar-refractivity contribution >= 4 is 29.1 Å². The molecular weight excluding hydrogens is 402 g/mol. The summed E-state index contributed by atoms with van der Waals surface area (Å²) in [6, 6.07) is 11.6. The fourth-order valence-electron chi connectivity index (χ4n) is 3.68. The van der Waals surface area contributed by atoms with Gasteiger partial charge < -0.3 is 14.7 Å². The first kappa shape index (κ1) is 21.9. The molecule has 30 heavy (non-hydrogen) atoms. The Morgan fingerprint density at radius 2 is 1.83 bits per heavy atom. The van der Waals surface area contributed by atoms with Gasteiger partial charge in [-0.2, -0.15) is 0 Å². The SMILES string of the molecule is CCCN1C(=O)C(=O)/C(=C(\O)c2ccc(OC(C)C)c(C)c2)C1c1ccc(Cl)cc1. The van der Waals surface area contributed by atoms with Crippen molar-refractivity contribution in [1.29, 1.82) is 0 Å². The van der Waals surface area contributed by atoms with Crippen LogP contribution in [0.2, 0.25) is 5.02 Å². The monoisotopic (exact) mass is 427 g/mol. The Labute approximate surface area is 181 Å². The van der Waals surface area contributed by atoms with E-state index in [0.29, 0.717) is 29.3 Å². The Hall–Kier alpha value is -2.79. The summed E-state index contributed by atoms with van der Waals surface area (Å²) in [4.78, 5) is 27.1. The summed E-state index contributed by atoms with van der Waals surface area (Å²) < 4.78 is 5.75. The van der Waals surface area contributed by atoms with Crippen LogP contribution in [-0.4, -0.2) is 34.3 Å². The lowest BCUT2D eigenvalue weighted by atomic mass is 9.94. The number of aliphatic hydroxyl groups is 1. The normalized spacial score (nSPS) is 18.3. The number of likely N-dealkylation sites (tertiary alicyclic amines) is 1. The third kappa shape index (κ3) is 4.21. The van der Waals surface area contributed by atoms with E-state index >= 15 is 0 Å². The Balaban J connectivity index is 2.12. The molecule has 1 fully saturated rings. The fourth-order valence-corrected chi connectivity index (χ4v) is 3.81. The molecule has 1 N–H and O–H groups in total. The number of benzene rings is 2. The molecule has 158 valence electrons. The summed E-state index contributed by atoms with van der Waals surface area (Å²) in [5.41, 5.74) is 2.12. The number of rotatable bonds is 6. The van der Waals surface area contributed by atoms with Crippen molar-refractivity contribution in [1.82, 2.24) is 4.90 Å². The van der Waals surface area contributed by atoms with Crippen molar-refractivity contribution < 1.29 is 19.4 Å². The number of aliphatic hydroxyl groups excluding tert-OH is 1. The summed E-state index contributed by atoms with van der Waals surface area (Å²) in [6.07, 6.45) is 0.713. The van der Waals surface area contributed by atoms with E-state index in [4.69, 9.17) is 16.3 Å². The average molecular weight is 428 g/mol. The van der Waals surface area contributed by atoms with Crippen LogP contribution in [0.5, 0.6) is 5.75 Å². The van der Waals surface area contributed by atoms with Crippen molar-refractivity contribution in [2.45, 2.75) is 46.3 Å². The molecule has 0 spiro atoms. The number of halogens is 1. The van der Waals surface area contributed by atoms with Gasteiger partial charge in [-0.25, -0.2) is 0 Å². The van der Waals surface area contributed by atoms with E-state index < -0.39 is 17.7 Å². The number of nitrogens with zero attached hydrogens (tertiary/aromatic N) is 1. The van der Waals surface area contributed by atoms with Gasteiger partial charge in [-0.15, -0.1) is 0 Å². The van der Waals surface area contributed by atoms with E-state index in [1.807, 2.05) is 27.7 Å². The van der Waals surface area contributed by atoms with Crippen molar-refractivity contribution in [3.63, 3.8) is 0 Å². The molecule has 1 atom stereocenters. The predicted octanol–water partition coefficient (Wildman–Crippen LogP) is 5.27. The van der Waals surface area contributed by atoms with Gasteiger partial charge in [0.1, 0.15) is 11.5 Å². The number of hydrogen-bond acceptors (Lipinski definition) is 4. The second-order valence-corrected chi connectivity index (χ2v) is 8.13. The molecule has 5 nitrogen and oxygen atoms in total. The van der Waals surface area contributed by atoms with Crippen LogP contribution in [0.1, 0.15) is 49.9 Å². The predicted molar refractivity (Wildman–Crippen MR) is 118 cm³/mol. The quantitative estimate of drug-likeness (QED) is 0.387. The van der Waals surface area contributed by atoms with Gasteiger partial charge in [0.2, 0.25) is 0 Å². The first-order chi connectivity index (χ1) is 14.2. The second kappa shape index (κ2) is 8.92. The Bertz CT molecular complexity index is 995. The molecule has 6 heteroatoms. The van der Waals surface area contributed by atoms with Crippen LogP contribution in [-0.2, 0) is 9.59 Å². The topological polar surface area (TPSA) is 66.8 Å². The largest absolute Gasteiger partial charge is 0.507 e. The zero-order valence-electron chi connectivity index (χ0n) is 17.6. The van der Waals surface area contributed by atoms with Crippen LogP contribution in [0, 0.1) is 6.92 Å². The van der Waals surface area contributed by atoms with Gasteiger partial charge >= 0.3 is 0 Å². The van der Waals surface area contributed by atoms with Gasteiger partial charge in [-0.3, -0.25) is 9.59 Å². The molecule has 0 radical (unpaired) electrons. The van der Waals surface area contributed by atoms with E-state index in [-0.39, 0.29) is 17.4 Å². The first-order valence-electron chi connectivity index (χ1n) is 10.1. The minimum absolute atomic E-state index is 0.0208. The zero-order chi connectivity index (χ0) is 22.0. The molecule has 1 heterocycles. The summed E-state index contributed by atoms with van der Waals surface area (Å²) >= 11 is 6.02. The molecule has 1 aliphatic heterocycles. The molecule has 1 aliphatic rings. The van der Waals surface area contributed by atoms with Gasteiger partial charge in [0, 0.05) is 17.1 Å². The molecule has 2 aromatic carbocycles. The zero-order valence-corrected chi connectivity index (χ0v) is 18.4. The van der Waals surface area contributed by atoms with Gasteiger partial charge in [-0.05, 0) is 68.7 Å². The van der Waals surface area contributed by atoms with Gasteiger partial charge in [0.05, 0.1) is 17.7 Å². The van der Waals surface area contributed by atoms with E-state index in [1.54, 1.807) is 42.5 Å². The van der Waals surface area contributed by atoms with Crippen molar-refractivity contribution in [3.8, 4) is 5.75 Å². The highest BCUT2D eigenvalue weighted by Gasteiger charge is 2.45.